The first kappa shape index (κ1) is 28.1. The van der Waals surface area contributed by atoms with Crippen LogP contribution in [0.2, 0.25) is 0 Å². The minimum absolute atomic E-state index is 0.170. The zero-order chi connectivity index (χ0) is 21.6. The van der Waals surface area contributed by atoms with Crippen molar-refractivity contribution in [2.24, 2.45) is 0 Å². The molecule has 0 aliphatic heterocycles. The Kier molecular flexibility index (Phi) is 21.2. The molecule has 0 amide bonds. The first-order valence-corrected chi connectivity index (χ1v) is 12.1. The fraction of sp³-hybridized carbons (Fsp3) is 0.880. The highest BCUT2D eigenvalue weighted by Gasteiger charge is 2.13. The second kappa shape index (κ2) is 21.8. The van der Waals surface area contributed by atoms with Gasteiger partial charge in [0, 0.05) is 20.1 Å². The molecule has 0 aliphatic carbocycles. The molecular formula is C25H49NO3. The topological polar surface area (TPSA) is 38.8 Å². The van der Waals surface area contributed by atoms with Gasteiger partial charge in [-0.1, -0.05) is 76.9 Å². The lowest BCUT2D eigenvalue weighted by atomic mass is 10.1. The van der Waals surface area contributed by atoms with E-state index in [2.05, 4.69) is 19.1 Å². The third-order valence-corrected chi connectivity index (χ3v) is 5.01. The Balaban J connectivity index is 3.36. The number of esters is 1. The van der Waals surface area contributed by atoms with Gasteiger partial charge in [-0.3, -0.25) is 4.79 Å². The van der Waals surface area contributed by atoms with E-state index in [-0.39, 0.29) is 12.1 Å². The van der Waals surface area contributed by atoms with Crippen LogP contribution >= 0.6 is 0 Å². The smallest absolute Gasteiger partial charge is 0.303 e. The monoisotopic (exact) mass is 411 g/mol. The van der Waals surface area contributed by atoms with E-state index in [1.165, 1.54) is 90.4 Å². The number of likely N-dealkylation sites (N-methyl/N-ethyl adjacent to an activating group) is 1. The number of carbonyl (C=O) groups is 1. The van der Waals surface area contributed by atoms with Gasteiger partial charge >= 0.3 is 5.97 Å². The van der Waals surface area contributed by atoms with E-state index in [0.29, 0.717) is 13.2 Å². The molecule has 1 atom stereocenters. The summed E-state index contributed by atoms with van der Waals surface area (Å²) in [5.41, 5.74) is 0. The molecule has 0 bridgehead atoms. The highest BCUT2D eigenvalue weighted by molar-refractivity contribution is 5.66. The summed E-state index contributed by atoms with van der Waals surface area (Å²) in [5, 5.41) is 0. The van der Waals surface area contributed by atoms with E-state index in [4.69, 9.17) is 9.47 Å². The molecule has 1 unspecified atom stereocenters. The maximum atomic E-state index is 11.1. The maximum absolute atomic E-state index is 11.1. The van der Waals surface area contributed by atoms with Crippen molar-refractivity contribution in [3.63, 3.8) is 0 Å². The molecule has 0 saturated heterocycles. The first-order valence-electron chi connectivity index (χ1n) is 12.1. The zero-order valence-corrected chi connectivity index (χ0v) is 19.9. The summed E-state index contributed by atoms with van der Waals surface area (Å²) < 4.78 is 11.0. The lowest BCUT2D eigenvalue weighted by molar-refractivity contribution is -0.150. The Morgan fingerprint density at radius 2 is 1.34 bits per heavy atom. The van der Waals surface area contributed by atoms with Crippen LogP contribution in [0.1, 0.15) is 104 Å². The van der Waals surface area contributed by atoms with Gasteiger partial charge in [-0.25, -0.2) is 0 Å². The van der Waals surface area contributed by atoms with Crippen LogP contribution in [0, 0.1) is 0 Å². The number of hydrogen-bond acceptors (Lipinski definition) is 4. The van der Waals surface area contributed by atoms with Gasteiger partial charge in [0.05, 0.1) is 6.61 Å². The second-order valence-corrected chi connectivity index (χ2v) is 8.51. The molecule has 0 N–H and O–H groups in total. The van der Waals surface area contributed by atoms with E-state index in [9.17, 15) is 4.79 Å². The maximum Gasteiger partial charge on any atom is 0.303 e. The number of nitrogens with zero attached hydrogens (tertiary/aromatic N) is 1. The summed E-state index contributed by atoms with van der Waals surface area (Å²) in [6.07, 6.45) is 23.0. The third-order valence-electron chi connectivity index (χ3n) is 5.01. The Hall–Kier alpha value is -0.870. The van der Waals surface area contributed by atoms with Crippen LogP contribution < -0.4 is 0 Å². The average Bonchev–Trinajstić information content (AvgIpc) is 2.66. The molecule has 0 heterocycles. The summed E-state index contributed by atoms with van der Waals surface area (Å²) in [6, 6.07) is 0. The highest BCUT2D eigenvalue weighted by atomic mass is 16.6. The molecule has 0 aromatic heterocycles. The van der Waals surface area contributed by atoms with Crippen molar-refractivity contribution in [3.05, 3.63) is 12.2 Å². The van der Waals surface area contributed by atoms with E-state index in [1.54, 1.807) is 0 Å². The lowest BCUT2D eigenvalue weighted by Crippen LogP contribution is -2.33. The molecule has 0 aromatic rings. The standard InChI is InChI=1S/C25H49NO3/c1-5-6-7-8-9-10-11-12-13-14-15-16-17-18-19-20-21-28-23-25(22-26(3)4)29-24(2)27/h12-13,25H,5-11,14-23H2,1-4H3. The minimum atomic E-state index is -0.238. The molecule has 4 heteroatoms. The Bertz CT molecular complexity index is 382. The largest absolute Gasteiger partial charge is 0.459 e. The van der Waals surface area contributed by atoms with E-state index in [1.807, 2.05) is 19.0 Å². The average molecular weight is 412 g/mol. The molecule has 0 fully saturated rings. The molecule has 0 spiro atoms. The number of ether oxygens (including phenoxy) is 2. The van der Waals surface area contributed by atoms with Crippen LogP contribution in [-0.4, -0.2) is 50.8 Å². The van der Waals surface area contributed by atoms with Gasteiger partial charge in [-0.05, 0) is 46.2 Å². The van der Waals surface area contributed by atoms with Crippen molar-refractivity contribution in [2.75, 3.05) is 33.9 Å². The number of carbonyl (C=O) groups excluding carboxylic acids is 1. The minimum Gasteiger partial charge on any atom is -0.459 e. The number of hydrogen-bond donors (Lipinski definition) is 0. The van der Waals surface area contributed by atoms with Crippen LogP contribution in [0.4, 0.5) is 0 Å². The van der Waals surface area contributed by atoms with Gasteiger partial charge in [-0.2, -0.15) is 0 Å². The van der Waals surface area contributed by atoms with Crippen LogP contribution in [0.15, 0.2) is 12.2 Å². The Labute approximate surface area is 181 Å². The molecule has 4 nitrogen and oxygen atoms in total. The summed E-state index contributed by atoms with van der Waals surface area (Å²) in [5.74, 6) is -0.238. The van der Waals surface area contributed by atoms with Crippen LogP contribution in [0.25, 0.3) is 0 Å². The van der Waals surface area contributed by atoms with Crippen molar-refractivity contribution in [1.82, 2.24) is 4.90 Å². The van der Waals surface area contributed by atoms with Gasteiger partial charge in [0.25, 0.3) is 0 Å². The predicted octanol–water partition coefficient (Wildman–Crippen LogP) is 6.53. The van der Waals surface area contributed by atoms with Gasteiger partial charge in [-0.15, -0.1) is 0 Å². The fourth-order valence-corrected chi connectivity index (χ4v) is 3.43. The fourth-order valence-electron chi connectivity index (χ4n) is 3.43. The molecule has 0 aromatic carbocycles. The van der Waals surface area contributed by atoms with Crippen LogP contribution in [-0.2, 0) is 14.3 Å². The Morgan fingerprint density at radius 1 is 0.828 bits per heavy atom. The molecular weight excluding hydrogens is 362 g/mol. The molecule has 0 radical (unpaired) electrons. The lowest BCUT2D eigenvalue weighted by Gasteiger charge is -2.20. The number of rotatable bonds is 21. The SMILES string of the molecule is CCCCCCCCC=CCCCCCCCCOCC(CN(C)C)OC(C)=O. The highest BCUT2D eigenvalue weighted by Crippen LogP contribution is 2.10. The van der Waals surface area contributed by atoms with Crippen molar-refractivity contribution in [3.8, 4) is 0 Å². The molecule has 0 rings (SSSR count). The van der Waals surface area contributed by atoms with Gasteiger partial charge in [0.1, 0.15) is 6.10 Å². The molecule has 0 saturated carbocycles. The summed E-state index contributed by atoms with van der Waals surface area (Å²) in [4.78, 5) is 13.1. The van der Waals surface area contributed by atoms with Crippen molar-refractivity contribution in [2.45, 2.75) is 110 Å². The van der Waals surface area contributed by atoms with Crippen molar-refractivity contribution >= 4 is 5.97 Å². The quantitative estimate of drug-likeness (QED) is 0.122. The van der Waals surface area contributed by atoms with E-state index in [0.717, 1.165) is 13.0 Å². The van der Waals surface area contributed by atoms with Crippen LogP contribution in [0.3, 0.4) is 0 Å². The predicted molar refractivity (Wildman–Crippen MR) is 124 cm³/mol. The van der Waals surface area contributed by atoms with Crippen molar-refractivity contribution in [1.29, 1.82) is 0 Å². The van der Waals surface area contributed by atoms with Gasteiger partial charge in [0.15, 0.2) is 0 Å². The molecule has 0 aliphatic rings. The van der Waals surface area contributed by atoms with Gasteiger partial charge in [0.2, 0.25) is 0 Å². The van der Waals surface area contributed by atoms with Gasteiger partial charge < -0.3 is 14.4 Å². The normalized spacial score (nSPS) is 12.7. The molecule has 29 heavy (non-hydrogen) atoms. The third kappa shape index (κ3) is 23.3. The zero-order valence-electron chi connectivity index (χ0n) is 19.9. The summed E-state index contributed by atoms with van der Waals surface area (Å²) in [7, 11) is 3.95. The van der Waals surface area contributed by atoms with E-state index >= 15 is 0 Å². The van der Waals surface area contributed by atoms with Crippen molar-refractivity contribution < 1.29 is 14.3 Å². The molecule has 172 valence electrons. The summed E-state index contributed by atoms with van der Waals surface area (Å²) >= 11 is 0. The summed E-state index contributed by atoms with van der Waals surface area (Å²) in [6.45, 7) is 5.67. The van der Waals surface area contributed by atoms with Crippen LogP contribution in [0.5, 0.6) is 0 Å². The van der Waals surface area contributed by atoms with E-state index < -0.39 is 0 Å². The second-order valence-electron chi connectivity index (χ2n) is 8.51. The Morgan fingerprint density at radius 3 is 1.86 bits per heavy atom. The first-order chi connectivity index (χ1) is 14.1. The number of unbranched alkanes of at least 4 members (excludes halogenated alkanes) is 12. The number of allylic oxidation sites excluding steroid dienone is 2.